The number of nitrogens with zero attached hydrogens (tertiary/aromatic N) is 3. The second-order valence-electron chi connectivity index (χ2n) is 5.24. The van der Waals surface area contributed by atoms with Crippen molar-refractivity contribution in [1.82, 2.24) is 19.7 Å². The fraction of sp³-hybridized carbons (Fsp3) is 0.214. The number of H-pyrrole nitrogens is 1. The van der Waals surface area contributed by atoms with E-state index in [0.29, 0.717) is 22.7 Å². The van der Waals surface area contributed by atoms with Crippen molar-refractivity contribution in [2.24, 2.45) is 0 Å². The lowest BCUT2D eigenvalue weighted by Gasteiger charge is -2.11. The van der Waals surface area contributed by atoms with Crippen LogP contribution in [0.2, 0.25) is 0 Å². The molecule has 0 atom stereocenters. The molecule has 0 aliphatic heterocycles. The van der Waals surface area contributed by atoms with Crippen LogP contribution in [0.4, 0.5) is 5.95 Å². The third-order valence-corrected chi connectivity index (χ3v) is 4.64. The molecule has 0 bridgehead atoms. The molecule has 0 saturated carbocycles. The molecule has 0 radical (unpaired) electrons. The Morgan fingerprint density at radius 2 is 2.08 bits per heavy atom. The van der Waals surface area contributed by atoms with Gasteiger partial charge < -0.3 is 9.32 Å². The number of fused-ring (bicyclic) bond motifs is 1. The Bertz CT molecular complexity index is 1040. The molecule has 126 valence electrons. The maximum Gasteiger partial charge on any atom is 0.417 e. The summed E-state index contributed by atoms with van der Waals surface area (Å²) in [6.07, 6.45) is 1.56. The summed E-state index contributed by atoms with van der Waals surface area (Å²) in [4.78, 5) is 23.6. The van der Waals surface area contributed by atoms with Crippen LogP contribution in [0, 0.1) is 0 Å². The number of sulfonamides is 1. The second kappa shape index (κ2) is 6.06. The van der Waals surface area contributed by atoms with Gasteiger partial charge in [0.25, 0.3) is 0 Å². The summed E-state index contributed by atoms with van der Waals surface area (Å²) >= 11 is 0. The topological polar surface area (TPSA) is 121 Å². The van der Waals surface area contributed by atoms with Crippen LogP contribution in [-0.2, 0) is 16.6 Å². The summed E-state index contributed by atoms with van der Waals surface area (Å²) in [7, 11) is -0.170. The number of hydrogen-bond donors (Lipinski definition) is 2. The van der Waals surface area contributed by atoms with Crippen LogP contribution in [0.5, 0.6) is 0 Å². The van der Waals surface area contributed by atoms with Crippen LogP contribution < -0.4 is 15.4 Å². The third kappa shape index (κ3) is 3.29. The SMILES string of the molecule is CN(C)c1nccc(CNS(=O)(=O)c2ccc3oc(=O)[nH]c3c2)n1. The first-order valence-corrected chi connectivity index (χ1v) is 8.45. The molecule has 0 saturated heterocycles. The average molecular weight is 349 g/mol. The number of aromatic nitrogens is 3. The van der Waals surface area contributed by atoms with Crippen LogP contribution in [0.1, 0.15) is 5.69 Å². The molecule has 0 unspecified atom stereocenters. The highest BCUT2D eigenvalue weighted by molar-refractivity contribution is 7.89. The quantitative estimate of drug-likeness (QED) is 0.686. The minimum atomic E-state index is -3.76. The number of oxazole rings is 1. The van der Waals surface area contributed by atoms with E-state index < -0.39 is 15.8 Å². The molecular formula is C14H15N5O4S. The van der Waals surface area contributed by atoms with E-state index in [9.17, 15) is 13.2 Å². The van der Waals surface area contributed by atoms with Crippen molar-refractivity contribution in [3.8, 4) is 0 Å². The van der Waals surface area contributed by atoms with Gasteiger partial charge in [-0.25, -0.2) is 27.9 Å². The van der Waals surface area contributed by atoms with Gasteiger partial charge in [0.2, 0.25) is 16.0 Å². The van der Waals surface area contributed by atoms with Crippen molar-refractivity contribution in [3.05, 3.63) is 46.7 Å². The van der Waals surface area contributed by atoms with Gasteiger partial charge in [-0.1, -0.05) is 0 Å². The van der Waals surface area contributed by atoms with E-state index in [1.807, 2.05) is 0 Å². The molecule has 0 aliphatic carbocycles. The molecule has 0 amide bonds. The lowest BCUT2D eigenvalue weighted by Crippen LogP contribution is -2.24. The molecule has 0 aliphatic rings. The van der Waals surface area contributed by atoms with E-state index in [1.165, 1.54) is 18.2 Å². The molecule has 0 spiro atoms. The first kappa shape index (κ1) is 16.1. The van der Waals surface area contributed by atoms with E-state index in [-0.39, 0.29) is 11.4 Å². The van der Waals surface area contributed by atoms with Crippen molar-refractivity contribution >= 4 is 27.1 Å². The highest BCUT2D eigenvalue weighted by Gasteiger charge is 2.16. The Morgan fingerprint density at radius 3 is 2.83 bits per heavy atom. The summed E-state index contributed by atoms with van der Waals surface area (Å²) < 4.78 is 32.1. The largest absolute Gasteiger partial charge is 0.417 e. The van der Waals surface area contributed by atoms with Crippen LogP contribution in [0.3, 0.4) is 0 Å². The lowest BCUT2D eigenvalue weighted by atomic mass is 10.3. The van der Waals surface area contributed by atoms with Gasteiger partial charge in [0.05, 0.1) is 22.7 Å². The highest BCUT2D eigenvalue weighted by Crippen LogP contribution is 2.16. The van der Waals surface area contributed by atoms with Gasteiger partial charge in [0, 0.05) is 20.3 Å². The van der Waals surface area contributed by atoms with Gasteiger partial charge in [-0.05, 0) is 24.3 Å². The molecule has 3 aromatic rings. The first-order chi connectivity index (χ1) is 11.3. The number of benzene rings is 1. The van der Waals surface area contributed by atoms with Gasteiger partial charge in [-0.15, -0.1) is 0 Å². The molecule has 2 N–H and O–H groups in total. The van der Waals surface area contributed by atoms with Crippen LogP contribution in [0.15, 0.2) is 44.6 Å². The molecule has 2 aromatic heterocycles. The van der Waals surface area contributed by atoms with Gasteiger partial charge >= 0.3 is 5.76 Å². The van der Waals surface area contributed by atoms with E-state index in [2.05, 4.69) is 19.7 Å². The predicted molar refractivity (Wildman–Crippen MR) is 87.2 cm³/mol. The number of rotatable bonds is 5. The molecule has 10 heteroatoms. The molecule has 1 aromatic carbocycles. The monoisotopic (exact) mass is 349 g/mol. The van der Waals surface area contributed by atoms with E-state index in [0.717, 1.165) is 0 Å². The Morgan fingerprint density at radius 1 is 1.29 bits per heavy atom. The molecule has 3 rings (SSSR count). The Kier molecular flexibility index (Phi) is 4.08. The average Bonchev–Trinajstić information content (AvgIpc) is 2.92. The fourth-order valence-electron chi connectivity index (χ4n) is 2.05. The van der Waals surface area contributed by atoms with Crippen LogP contribution in [-0.4, -0.2) is 37.5 Å². The van der Waals surface area contributed by atoms with E-state index in [1.54, 1.807) is 31.3 Å². The summed E-state index contributed by atoms with van der Waals surface area (Å²) in [5.74, 6) is -0.145. The van der Waals surface area contributed by atoms with Crippen LogP contribution in [0.25, 0.3) is 11.1 Å². The number of aromatic amines is 1. The van der Waals surface area contributed by atoms with Crippen molar-refractivity contribution < 1.29 is 12.8 Å². The lowest BCUT2D eigenvalue weighted by molar-refractivity contribution is 0.555. The smallest absolute Gasteiger partial charge is 0.408 e. The predicted octanol–water partition coefficient (Wildman–Crippen LogP) is 0.456. The first-order valence-electron chi connectivity index (χ1n) is 6.97. The molecule has 2 heterocycles. The van der Waals surface area contributed by atoms with Crippen molar-refractivity contribution in [3.63, 3.8) is 0 Å². The number of anilines is 1. The Labute approximate surface area is 137 Å². The molecule has 9 nitrogen and oxygen atoms in total. The van der Waals surface area contributed by atoms with Gasteiger partial charge in [0.1, 0.15) is 0 Å². The minimum absolute atomic E-state index is 0.0195. The molecular weight excluding hydrogens is 334 g/mol. The zero-order valence-electron chi connectivity index (χ0n) is 13.0. The summed E-state index contributed by atoms with van der Waals surface area (Å²) in [6, 6.07) is 5.77. The second-order valence-corrected chi connectivity index (χ2v) is 7.01. The number of hydrogen-bond acceptors (Lipinski definition) is 7. The van der Waals surface area contributed by atoms with Crippen molar-refractivity contribution in [2.45, 2.75) is 11.4 Å². The Balaban J connectivity index is 1.82. The van der Waals surface area contributed by atoms with Crippen LogP contribution >= 0.6 is 0 Å². The molecule has 24 heavy (non-hydrogen) atoms. The standard InChI is InChI=1S/C14H15N5O4S/c1-19(2)13-15-6-5-9(17-13)8-16-24(21,22)10-3-4-12-11(7-10)18-14(20)23-12/h3-7,16H,8H2,1-2H3,(H,18,20). The zero-order valence-corrected chi connectivity index (χ0v) is 13.8. The normalized spacial score (nSPS) is 11.8. The third-order valence-electron chi connectivity index (χ3n) is 3.24. The van der Waals surface area contributed by atoms with Crippen molar-refractivity contribution in [2.75, 3.05) is 19.0 Å². The minimum Gasteiger partial charge on any atom is -0.408 e. The van der Waals surface area contributed by atoms with Gasteiger partial charge in [-0.3, -0.25) is 4.98 Å². The van der Waals surface area contributed by atoms with Crippen molar-refractivity contribution in [1.29, 1.82) is 0 Å². The fourth-order valence-corrected chi connectivity index (χ4v) is 3.07. The van der Waals surface area contributed by atoms with E-state index >= 15 is 0 Å². The number of nitrogens with one attached hydrogen (secondary N) is 2. The maximum absolute atomic E-state index is 12.4. The maximum atomic E-state index is 12.4. The summed E-state index contributed by atoms with van der Waals surface area (Å²) in [5.41, 5.74) is 1.15. The zero-order chi connectivity index (χ0) is 17.3. The Hall–Kier alpha value is -2.72. The summed E-state index contributed by atoms with van der Waals surface area (Å²) in [5, 5.41) is 0. The van der Waals surface area contributed by atoms with E-state index in [4.69, 9.17) is 4.42 Å². The van der Waals surface area contributed by atoms with Gasteiger partial charge in [-0.2, -0.15) is 0 Å². The van der Waals surface area contributed by atoms with Gasteiger partial charge in [0.15, 0.2) is 5.58 Å². The molecule has 0 fully saturated rings. The highest BCUT2D eigenvalue weighted by atomic mass is 32.2. The summed E-state index contributed by atoms with van der Waals surface area (Å²) in [6.45, 7) is 0.0195.